The number of methoxy groups -OCH3 is 1. The van der Waals surface area contributed by atoms with Crippen molar-refractivity contribution in [3.8, 4) is 5.75 Å². The van der Waals surface area contributed by atoms with Crippen molar-refractivity contribution in [3.05, 3.63) is 46.9 Å². The summed E-state index contributed by atoms with van der Waals surface area (Å²) in [5.41, 5.74) is 3.54. The molecule has 1 saturated heterocycles. The van der Waals surface area contributed by atoms with E-state index in [-0.39, 0.29) is 5.92 Å². The summed E-state index contributed by atoms with van der Waals surface area (Å²) in [5.74, 6) is 3.33. The second kappa shape index (κ2) is 9.67. The molecule has 1 aliphatic heterocycles. The molecule has 1 aromatic carbocycles. The van der Waals surface area contributed by atoms with Gasteiger partial charge >= 0.3 is 0 Å². The molecule has 1 amide bonds. The van der Waals surface area contributed by atoms with Crippen molar-refractivity contribution in [3.63, 3.8) is 0 Å². The first-order valence-electron chi connectivity index (χ1n) is 11.6. The van der Waals surface area contributed by atoms with E-state index in [0.29, 0.717) is 5.91 Å². The average Bonchev–Trinajstić information content (AvgIpc) is 3.35. The Bertz CT molecular complexity index is 898. The van der Waals surface area contributed by atoms with Crippen LogP contribution in [0.1, 0.15) is 55.3 Å². The monoisotopic (exact) mass is 422 g/mol. The predicted octanol–water partition coefficient (Wildman–Crippen LogP) is 3.79. The van der Waals surface area contributed by atoms with E-state index >= 15 is 0 Å². The lowest BCUT2D eigenvalue weighted by Gasteiger charge is -2.37. The van der Waals surface area contributed by atoms with Crippen LogP contribution < -0.4 is 9.64 Å². The lowest BCUT2D eigenvalue weighted by atomic mass is 10.0. The number of piperazine rings is 1. The van der Waals surface area contributed by atoms with Crippen molar-refractivity contribution in [2.45, 2.75) is 52.4 Å². The Labute approximate surface area is 185 Å². The van der Waals surface area contributed by atoms with Gasteiger partial charge in [-0.2, -0.15) is 0 Å². The molecule has 0 spiro atoms. The van der Waals surface area contributed by atoms with E-state index in [4.69, 9.17) is 14.7 Å². The molecular weight excluding hydrogens is 388 g/mol. The number of carbonyl (C=O) groups is 1. The molecule has 2 heterocycles. The van der Waals surface area contributed by atoms with Gasteiger partial charge in [-0.05, 0) is 43.9 Å². The molecule has 2 aromatic rings. The first-order valence-corrected chi connectivity index (χ1v) is 11.6. The maximum absolute atomic E-state index is 12.8. The van der Waals surface area contributed by atoms with E-state index in [2.05, 4.69) is 28.9 Å². The van der Waals surface area contributed by atoms with Crippen LogP contribution in [0.15, 0.2) is 24.3 Å². The van der Waals surface area contributed by atoms with Crippen LogP contribution in [0.4, 0.5) is 5.82 Å². The molecule has 0 bridgehead atoms. The van der Waals surface area contributed by atoms with Gasteiger partial charge in [0.05, 0.1) is 7.11 Å². The summed E-state index contributed by atoms with van der Waals surface area (Å²) in [6.45, 7) is 7.34. The standard InChI is InChI=1S/C25H34N4O2/c1-4-23-22(17-19-9-11-21(31-3)12-10-19)24(27-18(2)26-23)28-13-15-29(16-14-28)25(30)20-7-5-6-8-20/h9-12,20H,4-8,13-17H2,1-3H3. The minimum absolute atomic E-state index is 0.255. The molecule has 0 atom stereocenters. The van der Waals surface area contributed by atoms with Crippen LogP contribution >= 0.6 is 0 Å². The topological polar surface area (TPSA) is 58.6 Å². The van der Waals surface area contributed by atoms with E-state index in [1.807, 2.05) is 19.1 Å². The van der Waals surface area contributed by atoms with E-state index in [9.17, 15) is 4.79 Å². The van der Waals surface area contributed by atoms with Crippen LogP contribution in [0.2, 0.25) is 0 Å². The van der Waals surface area contributed by atoms with Gasteiger partial charge in [0.25, 0.3) is 0 Å². The average molecular weight is 423 g/mol. The number of hydrogen-bond donors (Lipinski definition) is 0. The van der Waals surface area contributed by atoms with Crippen molar-refractivity contribution in [2.75, 3.05) is 38.2 Å². The largest absolute Gasteiger partial charge is 0.497 e. The van der Waals surface area contributed by atoms with Gasteiger partial charge in [0.1, 0.15) is 17.4 Å². The Morgan fingerprint density at radius 1 is 1.06 bits per heavy atom. The quantitative estimate of drug-likeness (QED) is 0.709. The van der Waals surface area contributed by atoms with Crippen LogP contribution in [-0.2, 0) is 17.6 Å². The number of amides is 1. The number of carbonyl (C=O) groups excluding carboxylic acids is 1. The molecule has 4 rings (SSSR count). The molecule has 0 N–H and O–H groups in total. The van der Waals surface area contributed by atoms with Crippen LogP contribution in [-0.4, -0.2) is 54.1 Å². The van der Waals surface area contributed by atoms with Crippen molar-refractivity contribution >= 4 is 11.7 Å². The molecular formula is C25H34N4O2. The fourth-order valence-corrected chi connectivity index (χ4v) is 4.89. The lowest BCUT2D eigenvalue weighted by Crippen LogP contribution is -2.50. The first-order chi connectivity index (χ1) is 15.1. The Balaban J connectivity index is 1.53. The summed E-state index contributed by atoms with van der Waals surface area (Å²) in [5, 5.41) is 0. The Morgan fingerprint density at radius 2 is 1.74 bits per heavy atom. The minimum Gasteiger partial charge on any atom is -0.497 e. The van der Waals surface area contributed by atoms with Gasteiger partial charge in [0.2, 0.25) is 5.91 Å². The van der Waals surface area contributed by atoms with Crippen molar-refractivity contribution < 1.29 is 9.53 Å². The molecule has 31 heavy (non-hydrogen) atoms. The van der Waals surface area contributed by atoms with Gasteiger partial charge < -0.3 is 14.5 Å². The summed E-state index contributed by atoms with van der Waals surface area (Å²) < 4.78 is 5.30. The lowest BCUT2D eigenvalue weighted by molar-refractivity contribution is -0.135. The normalized spacial score (nSPS) is 17.3. The summed E-state index contributed by atoms with van der Waals surface area (Å²) in [6.07, 6.45) is 6.20. The third-order valence-electron chi connectivity index (χ3n) is 6.65. The maximum Gasteiger partial charge on any atom is 0.225 e. The third kappa shape index (κ3) is 4.83. The molecule has 0 radical (unpaired) electrons. The van der Waals surface area contributed by atoms with Gasteiger partial charge in [0.15, 0.2) is 0 Å². The molecule has 2 fully saturated rings. The van der Waals surface area contributed by atoms with Crippen LogP contribution in [0, 0.1) is 12.8 Å². The van der Waals surface area contributed by atoms with E-state index in [1.165, 1.54) is 24.0 Å². The fourth-order valence-electron chi connectivity index (χ4n) is 4.89. The number of ether oxygens (including phenoxy) is 1. The molecule has 2 aliphatic rings. The number of benzene rings is 1. The maximum atomic E-state index is 12.8. The molecule has 1 aliphatic carbocycles. The van der Waals surface area contributed by atoms with Gasteiger partial charge in [-0.15, -0.1) is 0 Å². The molecule has 1 aromatic heterocycles. The number of anilines is 1. The number of rotatable bonds is 6. The van der Waals surface area contributed by atoms with Crippen molar-refractivity contribution in [2.24, 2.45) is 5.92 Å². The predicted molar refractivity (Wildman–Crippen MR) is 123 cm³/mol. The first kappa shape index (κ1) is 21.6. The molecule has 0 unspecified atom stereocenters. The zero-order valence-electron chi connectivity index (χ0n) is 19.1. The second-order valence-electron chi connectivity index (χ2n) is 8.69. The third-order valence-corrected chi connectivity index (χ3v) is 6.65. The highest BCUT2D eigenvalue weighted by Crippen LogP contribution is 2.29. The summed E-state index contributed by atoms with van der Waals surface area (Å²) in [6, 6.07) is 8.23. The van der Waals surface area contributed by atoms with E-state index < -0.39 is 0 Å². The van der Waals surface area contributed by atoms with E-state index in [0.717, 1.165) is 74.9 Å². The minimum atomic E-state index is 0.255. The van der Waals surface area contributed by atoms with Gasteiger partial charge in [-0.25, -0.2) is 9.97 Å². The van der Waals surface area contributed by atoms with Crippen LogP contribution in [0.5, 0.6) is 5.75 Å². The number of nitrogens with zero attached hydrogens (tertiary/aromatic N) is 4. The fraction of sp³-hybridized carbons (Fsp3) is 0.560. The highest BCUT2D eigenvalue weighted by Gasteiger charge is 2.30. The van der Waals surface area contributed by atoms with Crippen molar-refractivity contribution in [1.82, 2.24) is 14.9 Å². The number of aromatic nitrogens is 2. The van der Waals surface area contributed by atoms with Crippen molar-refractivity contribution in [1.29, 1.82) is 0 Å². The van der Waals surface area contributed by atoms with E-state index in [1.54, 1.807) is 7.11 Å². The summed E-state index contributed by atoms with van der Waals surface area (Å²) in [7, 11) is 1.69. The van der Waals surface area contributed by atoms with Gasteiger partial charge in [-0.3, -0.25) is 4.79 Å². The Kier molecular flexibility index (Phi) is 6.73. The SMILES string of the molecule is CCc1nc(C)nc(N2CCN(C(=O)C3CCCC3)CC2)c1Cc1ccc(OC)cc1. The molecule has 6 nitrogen and oxygen atoms in total. The summed E-state index contributed by atoms with van der Waals surface area (Å²) >= 11 is 0. The number of aryl methyl sites for hydroxylation is 2. The smallest absolute Gasteiger partial charge is 0.225 e. The highest BCUT2D eigenvalue weighted by atomic mass is 16.5. The van der Waals surface area contributed by atoms with Crippen LogP contribution in [0.25, 0.3) is 0 Å². The summed E-state index contributed by atoms with van der Waals surface area (Å²) in [4.78, 5) is 26.9. The Hall–Kier alpha value is -2.63. The zero-order valence-corrected chi connectivity index (χ0v) is 19.1. The molecule has 1 saturated carbocycles. The highest BCUT2D eigenvalue weighted by molar-refractivity contribution is 5.79. The Morgan fingerprint density at radius 3 is 2.35 bits per heavy atom. The van der Waals surface area contributed by atoms with Gasteiger partial charge in [-0.1, -0.05) is 31.9 Å². The molecule has 6 heteroatoms. The number of hydrogen-bond acceptors (Lipinski definition) is 5. The second-order valence-corrected chi connectivity index (χ2v) is 8.69. The van der Waals surface area contributed by atoms with Gasteiger partial charge in [0, 0.05) is 49.8 Å². The zero-order chi connectivity index (χ0) is 21.8. The molecule has 166 valence electrons. The van der Waals surface area contributed by atoms with Crippen LogP contribution in [0.3, 0.4) is 0 Å².